The maximum Gasteiger partial charge on any atom is 0.410 e. The third-order valence-electron chi connectivity index (χ3n) is 4.67. The zero-order valence-electron chi connectivity index (χ0n) is 13.4. The van der Waals surface area contributed by atoms with Crippen LogP contribution in [0.25, 0.3) is 0 Å². The highest BCUT2D eigenvalue weighted by atomic mass is 16.6. The first-order valence-corrected chi connectivity index (χ1v) is 8.44. The maximum atomic E-state index is 12.1. The van der Waals surface area contributed by atoms with Gasteiger partial charge in [-0.05, 0) is 24.8 Å². The molecule has 1 heterocycles. The van der Waals surface area contributed by atoms with Crippen molar-refractivity contribution in [2.75, 3.05) is 13.1 Å². The average molecular weight is 316 g/mol. The fraction of sp³-hybridized carbons (Fsp3) is 0.556. The molecule has 0 radical (unpaired) electrons. The molecule has 1 aromatic carbocycles. The molecule has 0 aromatic heterocycles. The summed E-state index contributed by atoms with van der Waals surface area (Å²) in [4.78, 5) is 25.2. The molecule has 2 fully saturated rings. The van der Waals surface area contributed by atoms with Crippen molar-refractivity contribution in [3.8, 4) is 0 Å². The summed E-state index contributed by atoms with van der Waals surface area (Å²) < 4.78 is 5.38. The number of Topliss-reactive ketones (excluding diaryl/α,β-unsaturated/α-hetero) is 1. The lowest BCUT2D eigenvalue weighted by Gasteiger charge is -2.26. The molecule has 1 aliphatic heterocycles. The van der Waals surface area contributed by atoms with E-state index in [0.29, 0.717) is 43.9 Å². The third-order valence-corrected chi connectivity index (χ3v) is 4.67. The van der Waals surface area contributed by atoms with E-state index in [0.717, 1.165) is 31.4 Å². The Labute approximate surface area is 137 Å². The Balaban J connectivity index is 1.40. The molecule has 5 heteroatoms. The molecule has 1 atom stereocenters. The van der Waals surface area contributed by atoms with E-state index in [1.165, 1.54) is 0 Å². The fourth-order valence-electron chi connectivity index (χ4n) is 3.31. The second-order valence-electron chi connectivity index (χ2n) is 6.45. The summed E-state index contributed by atoms with van der Waals surface area (Å²) in [7, 11) is 0. The first kappa shape index (κ1) is 16.0. The molecule has 3 rings (SSSR count). The molecular weight excluding hydrogens is 292 g/mol. The maximum absolute atomic E-state index is 12.1. The van der Waals surface area contributed by atoms with Gasteiger partial charge in [-0.3, -0.25) is 4.79 Å². The summed E-state index contributed by atoms with van der Waals surface area (Å²) in [5.74, 6) is 0.376. The van der Waals surface area contributed by atoms with Crippen LogP contribution in [-0.4, -0.2) is 41.9 Å². The van der Waals surface area contributed by atoms with Gasteiger partial charge in [0.2, 0.25) is 0 Å². The van der Waals surface area contributed by atoms with E-state index in [-0.39, 0.29) is 6.09 Å². The van der Waals surface area contributed by atoms with Gasteiger partial charge in [-0.2, -0.15) is 0 Å². The number of carbonyl (C=O) groups excluding carboxylic acids is 2. The van der Waals surface area contributed by atoms with Crippen molar-refractivity contribution in [3.05, 3.63) is 35.9 Å². The second-order valence-corrected chi connectivity index (χ2v) is 6.45. The standard InChI is InChI=1S/C18H24N2O3/c21-17-8-6-15(7-9-17)19-16-10-11-20(12-16)18(22)23-13-14-4-2-1-3-5-14/h1-5,15-16,19H,6-13H2/t16-/m0/s1. The Bertz CT molecular complexity index is 536. The van der Waals surface area contributed by atoms with Gasteiger partial charge in [0.25, 0.3) is 0 Å². The number of hydrogen-bond acceptors (Lipinski definition) is 4. The van der Waals surface area contributed by atoms with Gasteiger partial charge < -0.3 is 15.0 Å². The summed E-state index contributed by atoms with van der Waals surface area (Å²) in [5, 5.41) is 3.60. The van der Waals surface area contributed by atoms with Gasteiger partial charge in [0.05, 0.1) is 0 Å². The zero-order valence-corrected chi connectivity index (χ0v) is 13.4. The van der Waals surface area contributed by atoms with Gasteiger partial charge in [0.1, 0.15) is 12.4 Å². The number of nitrogens with zero attached hydrogens (tertiary/aromatic N) is 1. The third kappa shape index (κ3) is 4.55. The molecular formula is C18H24N2O3. The van der Waals surface area contributed by atoms with Crippen molar-refractivity contribution in [1.82, 2.24) is 10.2 Å². The summed E-state index contributed by atoms with van der Waals surface area (Å²) in [6.45, 7) is 1.74. The Morgan fingerprint density at radius 2 is 1.87 bits per heavy atom. The van der Waals surface area contributed by atoms with Gasteiger partial charge in [0, 0.05) is 38.0 Å². The van der Waals surface area contributed by atoms with Crippen LogP contribution in [0.4, 0.5) is 4.79 Å². The first-order chi connectivity index (χ1) is 11.2. The first-order valence-electron chi connectivity index (χ1n) is 8.44. The number of nitrogens with one attached hydrogen (secondary N) is 1. The van der Waals surface area contributed by atoms with Crippen LogP contribution in [0.5, 0.6) is 0 Å². The molecule has 1 saturated carbocycles. The van der Waals surface area contributed by atoms with Crippen molar-refractivity contribution in [1.29, 1.82) is 0 Å². The minimum atomic E-state index is -0.239. The number of likely N-dealkylation sites (tertiary alicyclic amines) is 1. The number of benzene rings is 1. The van der Waals surface area contributed by atoms with Crippen LogP contribution >= 0.6 is 0 Å². The Morgan fingerprint density at radius 1 is 1.13 bits per heavy atom. The molecule has 1 N–H and O–H groups in total. The highest BCUT2D eigenvalue weighted by Gasteiger charge is 2.29. The summed E-state index contributed by atoms with van der Waals surface area (Å²) >= 11 is 0. The zero-order chi connectivity index (χ0) is 16.1. The van der Waals surface area contributed by atoms with Crippen molar-refractivity contribution in [2.24, 2.45) is 0 Å². The van der Waals surface area contributed by atoms with Crippen LogP contribution in [0.15, 0.2) is 30.3 Å². The minimum Gasteiger partial charge on any atom is -0.445 e. The average Bonchev–Trinajstić information content (AvgIpc) is 3.04. The number of ketones is 1. The molecule has 0 bridgehead atoms. The topological polar surface area (TPSA) is 58.6 Å². The van der Waals surface area contributed by atoms with E-state index >= 15 is 0 Å². The SMILES string of the molecule is O=C1CCC(N[C@H]2CCN(C(=O)OCc3ccccc3)C2)CC1. The lowest BCUT2D eigenvalue weighted by molar-refractivity contribution is -0.120. The Hall–Kier alpha value is -1.88. The molecule has 1 aliphatic carbocycles. The van der Waals surface area contributed by atoms with Crippen LogP contribution in [0.2, 0.25) is 0 Å². The van der Waals surface area contributed by atoms with Crippen LogP contribution in [0, 0.1) is 0 Å². The van der Waals surface area contributed by atoms with Gasteiger partial charge in [-0.15, -0.1) is 0 Å². The highest BCUT2D eigenvalue weighted by Crippen LogP contribution is 2.18. The molecule has 1 saturated heterocycles. The molecule has 0 unspecified atom stereocenters. The molecule has 5 nitrogen and oxygen atoms in total. The van der Waals surface area contributed by atoms with Crippen LogP contribution in [0.3, 0.4) is 0 Å². The molecule has 23 heavy (non-hydrogen) atoms. The molecule has 1 aromatic rings. The number of rotatable bonds is 4. The molecule has 124 valence electrons. The van der Waals surface area contributed by atoms with Gasteiger partial charge in [0.15, 0.2) is 0 Å². The van der Waals surface area contributed by atoms with Crippen molar-refractivity contribution >= 4 is 11.9 Å². The Morgan fingerprint density at radius 3 is 2.61 bits per heavy atom. The molecule has 1 amide bonds. The van der Waals surface area contributed by atoms with E-state index in [1.54, 1.807) is 4.90 Å². The largest absolute Gasteiger partial charge is 0.445 e. The van der Waals surface area contributed by atoms with Crippen LogP contribution < -0.4 is 5.32 Å². The minimum absolute atomic E-state index is 0.239. The van der Waals surface area contributed by atoms with Gasteiger partial charge in [-0.25, -0.2) is 4.79 Å². The van der Waals surface area contributed by atoms with Crippen molar-refractivity contribution < 1.29 is 14.3 Å². The second kappa shape index (κ2) is 7.59. The summed E-state index contributed by atoms with van der Waals surface area (Å²) in [6.07, 6.45) is 3.93. The summed E-state index contributed by atoms with van der Waals surface area (Å²) in [5.41, 5.74) is 1.00. The number of ether oxygens (including phenoxy) is 1. The van der Waals surface area contributed by atoms with E-state index < -0.39 is 0 Å². The number of carbonyl (C=O) groups is 2. The molecule has 2 aliphatic rings. The van der Waals surface area contributed by atoms with E-state index in [9.17, 15) is 9.59 Å². The van der Waals surface area contributed by atoms with E-state index in [4.69, 9.17) is 4.74 Å². The predicted molar refractivity (Wildman–Crippen MR) is 87.0 cm³/mol. The van der Waals surface area contributed by atoms with Crippen molar-refractivity contribution in [2.45, 2.75) is 50.8 Å². The summed E-state index contributed by atoms with van der Waals surface area (Å²) in [6, 6.07) is 10.5. The monoisotopic (exact) mass is 316 g/mol. The van der Waals surface area contributed by atoms with E-state index in [1.807, 2.05) is 30.3 Å². The fourth-order valence-corrected chi connectivity index (χ4v) is 3.31. The Kier molecular flexibility index (Phi) is 5.28. The lowest BCUT2D eigenvalue weighted by Crippen LogP contribution is -2.42. The molecule has 0 spiro atoms. The van der Waals surface area contributed by atoms with Crippen LogP contribution in [0.1, 0.15) is 37.7 Å². The smallest absolute Gasteiger partial charge is 0.410 e. The number of hydrogen-bond donors (Lipinski definition) is 1. The highest BCUT2D eigenvalue weighted by molar-refractivity contribution is 5.79. The van der Waals surface area contributed by atoms with Crippen LogP contribution in [-0.2, 0) is 16.1 Å². The van der Waals surface area contributed by atoms with Crippen molar-refractivity contribution in [3.63, 3.8) is 0 Å². The normalized spacial score (nSPS) is 22.3. The number of amides is 1. The van der Waals surface area contributed by atoms with Gasteiger partial charge in [-0.1, -0.05) is 30.3 Å². The van der Waals surface area contributed by atoms with Gasteiger partial charge >= 0.3 is 6.09 Å². The lowest BCUT2D eigenvalue weighted by atomic mass is 9.94. The quantitative estimate of drug-likeness (QED) is 0.927. The predicted octanol–water partition coefficient (Wildman–Crippen LogP) is 2.50. The van der Waals surface area contributed by atoms with E-state index in [2.05, 4.69) is 5.32 Å².